The molecular weight excluding hydrogens is 368 g/mol. The van der Waals surface area contributed by atoms with Gasteiger partial charge in [0, 0.05) is 17.7 Å². The first kappa shape index (κ1) is 20.5. The van der Waals surface area contributed by atoms with E-state index in [0.717, 1.165) is 17.1 Å². The highest BCUT2D eigenvalue weighted by Gasteiger charge is 2.21. The van der Waals surface area contributed by atoms with Gasteiger partial charge in [0.15, 0.2) is 5.76 Å². The van der Waals surface area contributed by atoms with Gasteiger partial charge < -0.3 is 24.1 Å². The lowest BCUT2D eigenvalue weighted by atomic mass is 10.0. The number of nitrogens with one attached hydrogen (secondary N) is 1. The van der Waals surface area contributed by atoms with Crippen molar-refractivity contribution in [2.75, 3.05) is 27.7 Å². The third kappa shape index (κ3) is 5.18. The topological polar surface area (TPSA) is 63.9 Å². The van der Waals surface area contributed by atoms with E-state index in [4.69, 9.17) is 13.9 Å². The van der Waals surface area contributed by atoms with E-state index in [1.807, 2.05) is 73.6 Å². The lowest BCUT2D eigenvalue weighted by Crippen LogP contribution is -2.35. The molecule has 0 radical (unpaired) electrons. The summed E-state index contributed by atoms with van der Waals surface area (Å²) in [7, 11) is 5.58. The summed E-state index contributed by atoms with van der Waals surface area (Å²) in [6.45, 7) is 0.665. The number of ether oxygens (including phenoxy) is 2. The SMILES string of the molecule is COc1ccccc1C(CNC(=O)c1occc1COc1ccccc1)N(C)C. The number of nitrogens with zero attached hydrogens (tertiary/aromatic N) is 1. The van der Waals surface area contributed by atoms with Gasteiger partial charge in [-0.3, -0.25) is 4.79 Å². The van der Waals surface area contributed by atoms with Gasteiger partial charge in [0.1, 0.15) is 18.1 Å². The molecule has 3 aromatic rings. The zero-order valence-corrected chi connectivity index (χ0v) is 16.9. The summed E-state index contributed by atoms with van der Waals surface area (Å²) < 4.78 is 16.6. The third-order valence-corrected chi connectivity index (χ3v) is 4.67. The van der Waals surface area contributed by atoms with Crippen molar-refractivity contribution in [3.8, 4) is 11.5 Å². The van der Waals surface area contributed by atoms with Gasteiger partial charge in [-0.05, 0) is 38.4 Å². The Bertz CT molecular complexity index is 921. The summed E-state index contributed by atoms with van der Waals surface area (Å²) in [5, 5.41) is 2.97. The molecule has 152 valence electrons. The molecule has 0 aliphatic heterocycles. The average Bonchev–Trinajstić information content (AvgIpc) is 3.22. The van der Waals surface area contributed by atoms with Crippen molar-refractivity contribution in [2.45, 2.75) is 12.6 Å². The number of carbonyl (C=O) groups excluding carboxylic acids is 1. The van der Waals surface area contributed by atoms with Gasteiger partial charge in [-0.25, -0.2) is 0 Å². The second-order valence-corrected chi connectivity index (χ2v) is 6.81. The molecule has 6 nitrogen and oxygen atoms in total. The zero-order valence-electron chi connectivity index (χ0n) is 16.9. The summed E-state index contributed by atoms with van der Waals surface area (Å²) in [6.07, 6.45) is 1.50. The Kier molecular flexibility index (Phi) is 6.92. The fourth-order valence-corrected chi connectivity index (χ4v) is 3.11. The van der Waals surface area contributed by atoms with E-state index in [-0.39, 0.29) is 24.3 Å². The van der Waals surface area contributed by atoms with Crippen LogP contribution in [0.5, 0.6) is 11.5 Å². The quantitative estimate of drug-likeness (QED) is 0.596. The standard InChI is InChI=1S/C23H26N2O4/c1-25(2)20(19-11-7-8-12-21(19)27-3)15-24-23(26)22-17(13-14-28-22)16-29-18-9-5-4-6-10-18/h4-14,20H,15-16H2,1-3H3,(H,24,26). The number of amides is 1. The molecule has 0 aliphatic carbocycles. The van der Waals surface area contributed by atoms with Crippen LogP contribution in [0.15, 0.2) is 71.3 Å². The zero-order chi connectivity index (χ0) is 20.6. The maximum Gasteiger partial charge on any atom is 0.287 e. The molecule has 6 heteroatoms. The second kappa shape index (κ2) is 9.80. The van der Waals surface area contributed by atoms with Crippen molar-refractivity contribution in [1.29, 1.82) is 0 Å². The van der Waals surface area contributed by atoms with E-state index in [1.165, 1.54) is 6.26 Å². The molecule has 0 aliphatic rings. The monoisotopic (exact) mass is 394 g/mol. The minimum atomic E-state index is -0.275. The lowest BCUT2D eigenvalue weighted by Gasteiger charge is -2.26. The highest BCUT2D eigenvalue weighted by Crippen LogP contribution is 2.27. The minimum absolute atomic E-state index is 0.0471. The summed E-state index contributed by atoms with van der Waals surface area (Å²) in [6, 6.07) is 19.0. The largest absolute Gasteiger partial charge is 0.496 e. The van der Waals surface area contributed by atoms with Crippen LogP contribution in [-0.2, 0) is 6.61 Å². The van der Waals surface area contributed by atoms with Crippen molar-refractivity contribution in [1.82, 2.24) is 10.2 Å². The summed E-state index contributed by atoms with van der Waals surface area (Å²) >= 11 is 0. The van der Waals surface area contributed by atoms with Crippen molar-refractivity contribution < 1.29 is 18.7 Å². The maximum absolute atomic E-state index is 12.7. The number of likely N-dealkylation sites (N-methyl/N-ethyl adjacent to an activating group) is 1. The second-order valence-electron chi connectivity index (χ2n) is 6.81. The number of carbonyl (C=O) groups is 1. The van der Waals surface area contributed by atoms with Crippen molar-refractivity contribution in [2.24, 2.45) is 0 Å². The van der Waals surface area contributed by atoms with Crippen molar-refractivity contribution in [3.05, 3.63) is 83.8 Å². The number of hydrogen-bond donors (Lipinski definition) is 1. The van der Waals surface area contributed by atoms with Crippen molar-refractivity contribution >= 4 is 5.91 Å². The van der Waals surface area contributed by atoms with E-state index in [9.17, 15) is 4.79 Å². The van der Waals surface area contributed by atoms with Crippen LogP contribution in [-0.4, -0.2) is 38.6 Å². The number of methoxy groups -OCH3 is 1. The Morgan fingerprint density at radius 1 is 1.07 bits per heavy atom. The molecule has 1 N–H and O–H groups in total. The molecule has 0 saturated heterocycles. The Balaban J connectivity index is 1.66. The van der Waals surface area contributed by atoms with E-state index < -0.39 is 0 Å². The first-order chi connectivity index (χ1) is 14.1. The summed E-state index contributed by atoms with van der Waals surface area (Å²) in [5.74, 6) is 1.51. The van der Waals surface area contributed by atoms with E-state index >= 15 is 0 Å². The molecule has 3 rings (SSSR count). The number of para-hydroxylation sites is 2. The van der Waals surface area contributed by atoms with Crippen molar-refractivity contribution in [3.63, 3.8) is 0 Å². The molecule has 2 aromatic carbocycles. The number of furan rings is 1. The molecule has 0 saturated carbocycles. The Hall–Kier alpha value is -3.25. The third-order valence-electron chi connectivity index (χ3n) is 4.67. The van der Waals surface area contributed by atoms with Crippen LogP contribution in [0.3, 0.4) is 0 Å². The molecule has 1 amide bonds. The molecule has 0 bridgehead atoms. The van der Waals surface area contributed by atoms with Crippen LogP contribution in [0, 0.1) is 0 Å². The van der Waals surface area contributed by atoms with Crippen LogP contribution in [0.1, 0.15) is 27.7 Å². The van der Waals surface area contributed by atoms with Crippen LogP contribution in [0.25, 0.3) is 0 Å². The minimum Gasteiger partial charge on any atom is -0.496 e. The van der Waals surface area contributed by atoms with Gasteiger partial charge >= 0.3 is 0 Å². The van der Waals surface area contributed by atoms with Crippen LogP contribution in [0.2, 0.25) is 0 Å². The molecule has 29 heavy (non-hydrogen) atoms. The van der Waals surface area contributed by atoms with Gasteiger partial charge in [-0.1, -0.05) is 36.4 Å². The molecule has 0 fully saturated rings. The van der Waals surface area contributed by atoms with Gasteiger partial charge in [0.25, 0.3) is 5.91 Å². The molecule has 0 spiro atoms. The molecular formula is C23H26N2O4. The van der Waals surface area contributed by atoms with Gasteiger partial charge in [-0.2, -0.15) is 0 Å². The molecule has 1 aromatic heterocycles. The summed E-state index contributed by atoms with van der Waals surface area (Å²) in [4.78, 5) is 14.8. The highest BCUT2D eigenvalue weighted by atomic mass is 16.5. The summed E-state index contributed by atoms with van der Waals surface area (Å²) in [5.41, 5.74) is 1.71. The predicted molar refractivity (Wildman–Crippen MR) is 111 cm³/mol. The lowest BCUT2D eigenvalue weighted by molar-refractivity contribution is 0.0910. The first-order valence-electron chi connectivity index (χ1n) is 9.42. The van der Waals surface area contributed by atoms with Gasteiger partial charge in [0.2, 0.25) is 0 Å². The number of hydrogen-bond acceptors (Lipinski definition) is 5. The van der Waals surface area contributed by atoms with Crippen LogP contribution < -0.4 is 14.8 Å². The first-order valence-corrected chi connectivity index (χ1v) is 9.42. The Labute approximate surface area is 171 Å². The van der Waals surface area contributed by atoms with E-state index in [0.29, 0.717) is 12.1 Å². The molecule has 1 unspecified atom stereocenters. The van der Waals surface area contributed by atoms with E-state index in [2.05, 4.69) is 5.32 Å². The van der Waals surface area contributed by atoms with Gasteiger partial charge in [0.05, 0.1) is 19.4 Å². The predicted octanol–water partition coefficient (Wildman–Crippen LogP) is 3.90. The van der Waals surface area contributed by atoms with Crippen LogP contribution >= 0.6 is 0 Å². The Morgan fingerprint density at radius 2 is 1.79 bits per heavy atom. The number of benzene rings is 2. The fourth-order valence-electron chi connectivity index (χ4n) is 3.11. The van der Waals surface area contributed by atoms with E-state index in [1.54, 1.807) is 13.2 Å². The Morgan fingerprint density at radius 3 is 2.52 bits per heavy atom. The molecule has 1 heterocycles. The molecule has 1 atom stereocenters. The highest BCUT2D eigenvalue weighted by molar-refractivity contribution is 5.92. The normalized spacial score (nSPS) is 11.9. The van der Waals surface area contributed by atoms with Crippen LogP contribution in [0.4, 0.5) is 0 Å². The maximum atomic E-state index is 12.7. The average molecular weight is 394 g/mol. The van der Waals surface area contributed by atoms with Gasteiger partial charge in [-0.15, -0.1) is 0 Å². The smallest absolute Gasteiger partial charge is 0.287 e. The number of rotatable bonds is 9. The fraction of sp³-hybridized carbons (Fsp3) is 0.261.